The number of aryl methyl sites for hydroxylation is 2. The highest BCUT2D eigenvalue weighted by Crippen LogP contribution is 2.27. The van der Waals surface area contributed by atoms with Gasteiger partial charge in [0.25, 0.3) is 0 Å². The van der Waals surface area contributed by atoms with Crippen LogP contribution in [0.25, 0.3) is 0 Å². The fourth-order valence-corrected chi connectivity index (χ4v) is 2.43. The fourth-order valence-electron chi connectivity index (χ4n) is 2.43. The first-order chi connectivity index (χ1) is 8.59. The number of nitrogens with one attached hydrogen (secondary N) is 2. The van der Waals surface area contributed by atoms with Gasteiger partial charge >= 0.3 is 5.69 Å². The Bertz CT molecular complexity index is 437. The van der Waals surface area contributed by atoms with Crippen LogP contribution in [0.1, 0.15) is 25.0 Å². The van der Waals surface area contributed by atoms with E-state index in [1.54, 1.807) is 14.0 Å². The van der Waals surface area contributed by atoms with Crippen LogP contribution in [0.15, 0.2) is 0 Å². The second-order valence-corrected chi connectivity index (χ2v) is 4.67. The van der Waals surface area contributed by atoms with E-state index in [9.17, 15) is 10.1 Å². The van der Waals surface area contributed by atoms with Crippen molar-refractivity contribution in [3.8, 4) is 0 Å². The van der Waals surface area contributed by atoms with E-state index in [1.165, 1.54) is 17.5 Å². The number of nitrogens with zero attached hydrogens (tertiary/aromatic N) is 3. The van der Waals surface area contributed by atoms with Crippen molar-refractivity contribution in [2.24, 2.45) is 7.05 Å². The topological polar surface area (TPSA) is 85.0 Å². The smallest absolute Gasteiger partial charge is 0.333 e. The standard InChI is InChI=1S/C11H19N5O2/c1-8-10(16(17)18)11(15(2)14-8)13-7-5-9-4-3-6-12-9/h9,12-13H,3-7H2,1-2H3/t9-/m0/s1. The molecule has 0 aromatic carbocycles. The summed E-state index contributed by atoms with van der Waals surface area (Å²) in [5.74, 6) is 0.496. The lowest BCUT2D eigenvalue weighted by Gasteiger charge is -2.11. The van der Waals surface area contributed by atoms with Gasteiger partial charge in [-0.3, -0.25) is 10.1 Å². The van der Waals surface area contributed by atoms with Gasteiger partial charge in [-0.1, -0.05) is 0 Å². The summed E-state index contributed by atoms with van der Waals surface area (Å²) >= 11 is 0. The molecular formula is C11H19N5O2. The largest absolute Gasteiger partial charge is 0.364 e. The summed E-state index contributed by atoms with van der Waals surface area (Å²) in [7, 11) is 1.72. The Kier molecular flexibility index (Phi) is 3.81. The van der Waals surface area contributed by atoms with Crippen molar-refractivity contribution >= 4 is 11.5 Å². The molecule has 2 rings (SSSR count). The molecule has 1 aliphatic rings. The molecule has 7 heteroatoms. The average Bonchev–Trinajstić information content (AvgIpc) is 2.87. The first-order valence-corrected chi connectivity index (χ1v) is 6.25. The van der Waals surface area contributed by atoms with Gasteiger partial charge < -0.3 is 10.6 Å². The predicted octanol–water partition coefficient (Wildman–Crippen LogP) is 1.19. The van der Waals surface area contributed by atoms with Gasteiger partial charge in [-0.05, 0) is 32.7 Å². The van der Waals surface area contributed by atoms with Crippen molar-refractivity contribution in [3.05, 3.63) is 15.8 Å². The van der Waals surface area contributed by atoms with Crippen LogP contribution in [0, 0.1) is 17.0 Å². The highest BCUT2D eigenvalue weighted by atomic mass is 16.6. The molecular weight excluding hydrogens is 234 g/mol. The Morgan fingerprint density at radius 1 is 1.67 bits per heavy atom. The van der Waals surface area contributed by atoms with Crippen LogP contribution in [0.4, 0.5) is 11.5 Å². The van der Waals surface area contributed by atoms with Crippen LogP contribution in [-0.2, 0) is 7.05 Å². The number of nitro groups is 1. The summed E-state index contributed by atoms with van der Waals surface area (Å²) in [6.07, 6.45) is 3.38. The molecule has 1 saturated heterocycles. The van der Waals surface area contributed by atoms with Crippen LogP contribution in [0.5, 0.6) is 0 Å². The number of aromatic nitrogens is 2. The molecule has 0 amide bonds. The fraction of sp³-hybridized carbons (Fsp3) is 0.727. The molecule has 2 N–H and O–H groups in total. The average molecular weight is 253 g/mol. The zero-order valence-electron chi connectivity index (χ0n) is 10.8. The molecule has 0 saturated carbocycles. The molecule has 1 aliphatic heterocycles. The second kappa shape index (κ2) is 5.34. The Morgan fingerprint density at radius 2 is 2.44 bits per heavy atom. The maximum atomic E-state index is 11.0. The van der Waals surface area contributed by atoms with Crippen molar-refractivity contribution in [1.82, 2.24) is 15.1 Å². The van der Waals surface area contributed by atoms with Gasteiger partial charge in [-0.25, -0.2) is 4.68 Å². The van der Waals surface area contributed by atoms with E-state index >= 15 is 0 Å². The van der Waals surface area contributed by atoms with E-state index in [-0.39, 0.29) is 10.6 Å². The third-order valence-corrected chi connectivity index (χ3v) is 3.32. The minimum Gasteiger partial charge on any atom is -0.364 e. The van der Waals surface area contributed by atoms with E-state index in [4.69, 9.17) is 0 Å². The Hall–Kier alpha value is -1.63. The summed E-state index contributed by atoms with van der Waals surface area (Å²) in [5, 5.41) is 21.6. The third-order valence-electron chi connectivity index (χ3n) is 3.32. The molecule has 1 atom stereocenters. The van der Waals surface area contributed by atoms with Crippen LogP contribution < -0.4 is 10.6 Å². The molecule has 0 radical (unpaired) electrons. The number of rotatable bonds is 5. The summed E-state index contributed by atoms with van der Waals surface area (Å²) in [5.41, 5.74) is 0.529. The van der Waals surface area contributed by atoms with Crippen LogP contribution in [-0.4, -0.2) is 33.8 Å². The molecule has 18 heavy (non-hydrogen) atoms. The highest BCUT2D eigenvalue weighted by molar-refractivity contribution is 5.59. The molecule has 0 spiro atoms. The molecule has 0 aliphatic carbocycles. The van der Waals surface area contributed by atoms with Crippen LogP contribution in [0.3, 0.4) is 0 Å². The van der Waals surface area contributed by atoms with Gasteiger partial charge in [0.05, 0.1) is 4.92 Å². The first kappa shape index (κ1) is 12.8. The van der Waals surface area contributed by atoms with Gasteiger partial charge in [-0.2, -0.15) is 5.10 Å². The summed E-state index contributed by atoms with van der Waals surface area (Å²) in [6.45, 7) is 3.45. The number of anilines is 1. The third kappa shape index (κ3) is 2.61. The van der Waals surface area contributed by atoms with Crippen molar-refractivity contribution in [2.45, 2.75) is 32.2 Å². The molecule has 1 aromatic rings. The lowest BCUT2D eigenvalue weighted by atomic mass is 10.1. The highest BCUT2D eigenvalue weighted by Gasteiger charge is 2.23. The molecule has 7 nitrogen and oxygen atoms in total. The molecule has 100 valence electrons. The summed E-state index contributed by atoms with van der Waals surface area (Å²) in [6, 6.07) is 0.533. The number of hydrogen-bond acceptors (Lipinski definition) is 5. The minimum absolute atomic E-state index is 0.0804. The molecule has 1 fully saturated rings. The first-order valence-electron chi connectivity index (χ1n) is 6.25. The van der Waals surface area contributed by atoms with E-state index in [2.05, 4.69) is 15.7 Å². The normalized spacial score (nSPS) is 19.1. The molecule has 1 aromatic heterocycles. The van der Waals surface area contributed by atoms with Crippen molar-refractivity contribution in [2.75, 3.05) is 18.4 Å². The lowest BCUT2D eigenvalue weighted by Crippen LogP contribution is -2.24. The zero-order chi connectivity index (χ0) is 13.1. The molecule has 2 heterocycles. The van der Waals surface area contributed by atoms with E-state index in [0.29, 0.717) is 17.6 Å². The van der Waals surface area contributed by atoms with Gasteiger partial charge in [-0.15, -0.1) is 0 Å². The van der Waals surface area contributed by atoms with E-state index in [1.807, 2.05) is 0 Å². The van der Waals surface area contributed by atoms with Crippen LogP contribution >= 0.6 is 0 Å². The van der Waals surface area contributed by atoms with Gasteiger partial charge in [0, 0.05) is 19.6 Å². The Morgan fingerprint density at radius 3 is 3.06 bits per heavy atom. The lowest BCUT2D eigenvalue weighted by molar-refractivity contribution is -0.384. The monoisotopic (exact) mass is 253 g/mol. The second-order valence-electron chi connectivity index (χ2n) is 4.67. The SMILES string of the molecule is Cc1nn(C)c(NCC[C@@H]2CCCN2)c1[N+](=O)[O-]. The van der Waals surface area contributed by atoms with Gasteiger partial charge in [0.15, 0.2) is 0 Å². The van der Waals surface area contributed by atoms with E-state index < -0.39 is 0 Å². The minimum atomic E-state index is -0.377. The maximum Gasteiger partial charge on any atom is 0.333 e. The van der Waals surface area contributed by atoms with Gasteiger partial charge in [0.1, 0.15) is 5.69 Å². The van der Waals surface area contributed by atoms with Crippen LogP contribution in [0.2, 0.25) is 0 Å². The Balaban J connectivity index is 1.97. The van der Waals surface area contributed by atoms with Crippen molar-refractivity contribution < 1.29 is 4.92 Å². The van der Waals surface area contributed by atoms with Crippen molar-refractivity contribution in [3.63, 3.8) is 0 Å². The Labute approximate surface area is 106 Å². The van der Waals surface area contributed by atoms with Gasteiger partial charge in [0.2, 0.25) is 5.82 Å². The summed E-state index contributed by atoms with van der Waals surface area (Å²) in [4.78, 5) is 10.6. The zero-order valence-corrected chi connectivity index (χ0v) is 10.8. The quantitative estimate of drug-likeness (QED) is 0.608. The molecule has 0 unspecified atom stereocenters. The van der Waals surface area contributed by atoms with Crippen molar-refractivity contribution in [1.29, 1.82) is 0 Å². The molecule has 0 bridgehead atoms. The maximum absolute atomic E-state index is 11.0. The summed E-state index contributed by atoms with van der Waals surface area (Å²) < 4.78 is 1.54. The number of hydrogen-bond donors (Lipinski definition) is 2. The van der Waals surface area contributed by atoms with E-state index in [0.717, 1.165) is 19.5 Å². The predicted molar refractivity (Wildman–Crippen MR) is 68.7 cm³/mol.